The van der Waals surface area contributed by atoms with Crippen molar-refractivity contribution in [3.8, 4) is 6.07 Å². The summed E-state index contributed by atoms with van der Waals surface area (Å²) in [5.41, 5.74) is 4.09. The third-order valence-electron chi connectivity index (χ3n) is 3.94. The fraction of sp³-hybridized carbons (Fsp3) is 0.316. The first-order chi connectivity index (χ1) is 11.1. The molecule has 0 spiro atoms. The van der Waals surface area contributed by atoms with Crippen LogP contribution < -0.4 is 5.32 Å². The van der Waals surface area contributed by atoms with Crippen LogP contribution in [0.15, 0.2) is 41.5 Å². The maximum Gasteiger partial charge on any atom is 0.154 e. The molecule has 0 radical (unpaired) electrons. The molecule has 1 aromatic carbocycles. The smallest absolute Gasteiger partial charge is 0.154 e. The summed E-state index contributed by atoms with van der Waals surface area (Å²) in [6.45, 7) is 4.47. The Morgan fingerprint density at radius 1 is 1.30 bits per heavy atom. The van der Waals surface area contributed by atoms with Gasteiger partial charge >= 0.3 is 0 Å². The number of anilines is 1. The zero-order valence-electron chi connectivity index (χ0n) is 13.5. The molecule has 0 amide bonds. The van der Waals surface area contributed by atoms with Gasteiger partial charge < -0.3 is 5.32 Å². The molecule has 0 bridgehead atoms. The van der Waals surface area contributed by atoms with Crippen molar-refractivity contribution in [3.05, 3.63) is 53.2 Å². The standard InChI is InChI=1S/C19H20N4/c1-13(2)3-4-14-7-8-21-18(10-14)23-19-11-16-9-15(12-20)5-6-17(16)22-19/h5-10,13H,3-4,11H2,1-2H3,(H,21,22,23). The molecule has 1 aliphatic heterocycles. The SMILES string of the molecule is CC(C)CCc1ccnc(N=C2Cc3cc(C#N)ccc3N2)c1. The number of aryl methyl sites for hydroxylation is 1. The predicted octanol–water partition coefficient (Wildman–Crippen LogP) is 4.24. The highest BCUT2D eigenvalue weighted by molar-refractivity contribution is 6.04. The zero-order chi connectivity index (χ0) is 16.2. The summed E-state index contributed by atoms with van der Waals surface area (Å²) in [6, 6.07) is 12.0. The molecule has 1 aromatic heterocycles. The number of aliphatic imine (C=N–C) groups is 1. The Balaban J connectivity index is 1.76. The Morgan fingerprint density at radius 2 is 2.17 bits per heavy atom. The molecule has 2 aromatic rings. The van der Waals surface area contributed by atoms with Gasteiger partial charge in [-0.25, -0.2) is 9.98 Å². The number of fused-ring (bicyclic) bond motifs is 1. The lowest BCUT2D eigenvalue weighted by Crippen LogP contribution is -2.05. The van der Waals surface area contributed by atoms with Gasteiger partial charge in [-0.05, 0) is 60.2 Å². The molecule has 0 fully saturated rings. The van der Waals surface area contributed by atoms with Crippen LogP contribution in [0.1, 0.15) is 37.0 Å². The molecule has 116 valence electrons. The van der Waals surface area contributed by atoms with Crippen LogP contribution in [0.2, 0.25) is 0 Å². The molecule has 23 heavy (non-hydrogen) atoms. The minimum absolute atomic E-state index is 0.681. The lowest BCUT2D eigenvalue weighted by Gasteiger charge is -2.05. The number of rotatable bonds is 4. The van der Waals surface area contributed by atoms with E-state index in [2.05, 4.69) is 47.3 Å². The number of hydrogen-bond donors (Lipinski definition) is 1. The molecule has 0 atom stereocenters. The van der Waals surface area contributed by atoms with Gasteiger partial charge in [-0.3, -0.25) is 0 Å². The first-order valence-corrected chi connectivity index (χ1v) is 7.96. The summed E-state index contributed by atoms with van der Waals surface area (Å²) >= 11 is 0. The quantitative estimate of drug-likeness (QED) is 0.919. The van der Waals surface area contributed by atoms with Gasteiger partial charge in [0.2, 0.25) is 0 Å². The lowest BCUT2D eigenvalue weighted by atomic mass is 10.0. The maximum atomic E-state index is 8.98. The minimum Gasteiger partial charge on any atom is -0.343 e. The summed E-state index contributed by atoms with van der Waals surface area (Å²) in [5.74, 6) is 2.31. The third-order valence-corrected chi connectivity index (χ3v) is 3.94. The van der Waals surface area contributed by atoms with Crippen molar-refractivity contribution in [2.24, 2.45) is 10.9 Å². The maximum absolute atomic E-state index is 8.98. The van der Waals surface area contributed by atoms with Crippen LogP contribution in [-0.4, -0.2) is 10.8 Å². The molecular weight excluding hydrogens is 284 g/mol. The van der Waals surface area contributed by atoms with E-state index in [1.807, 2.05) is 24.4 Å². The van der Waals surface area contributed by atoms with Crippen molar-refractivity contribution in [3.63, 3.8) is 0 Å². The van der Waals surface area contributed by atoms with Gasteiger partial charge in [0.05, 0.1) is 11.6 Å². The minimum atomic E-state index is 0.681. The van der Waals surface area contributed by atoms with Crippen molar-refractivity contribution >= 4 is 17.3 Å². The Bertz CT molecular complexity index is 784. The van der Waals surface area contributed by atoms with E-state index in [-0.39, 0.29) is 0 Å². The fourth-order valence-electron chi connectivity index (χ4n) is 2.65. The van der Waals surface area contributed by atoms with Gasteiger partial charge in [-0.15, -0.1) is 0 Å². The normalized spacial score (nSPS) is 14.6. The molecule has 0 saturated carbocycles. The number of hydrogen-bond acceptors (Lipinski definition) is 3. The molecule has 0 aliphatic carbocycles. The largest absolute Gasteiger partial charge is 0.343 e. The Kier molecular flexibility index (Phi) is 4.38. The van der Waals surface area contributed by atoms with Gasteiger partial charge in [-0.2, -0.15) is 5.26 Å². The van der Waals surface area contributed by atoms with Gasteiger partial charge in [0, 0.05) is 18.3 Å². The average Bonchev–Trinajstić information content (AvgIpc) is 2.94. The second-order valence-electron chi connectivity index (χ2n) is 6.30. The molecule has 1 N–H and O–H groups in total. The van der Waals surface area contributed by atoms with Crippen molar-refractivity contribution in [1.82, 2.24) is 4.98 Å². The van der Waals surface area contributed by atoms with Gasteiger partial charge in [0.1, 0.15) is 5.84 Å². The Labute approximate surface area is 136 Å². The second-order valence-corrected chi connectivity index (χ2v) is 6.30. The van der Waals surface area contributed by atoms with Gasteiger partial charge in [-0.1, -0.05) is 13.8 Å². The average molecular weight is 304 g/mol. The van der Waals surface area contributed by atoms with E-state index in [4.69, 9.17) is 5.26 Å². The number of nitrogens with one attached hydrogen (secondary N) is 1. The van der Waals surface area contributed by atoms with Crippen molar-refractivity contribution in [1.29, 1.82) is 5.26 Å². The first-order valence-electron chi connectivity index (χ1n) is 7.96. The monoisotopic (exact) mass is 304 g/mol. The first kappa shape index (κ1) is 15.2. The Hall–Kier alpha value is -2.67. The van der Waals surface area contributed by atoms with Crippen molar-refractivity contribution < 1.29 is 0 Å². The molecular formula is C19H20N4. The number of nitriles is 1. The van der Waals surface area contributed by atoms with E-state index in [0.717, 1.165) is 29.3 Å². The molecule has 0 unspecified atom stereocenters. The highest BCUT2D eigenvalue weighted by atomic mass is 15.1. The van der Waals surface area contributed by atoms with Crippen LogP contribution in [0.25, 0.3) is 0 Å². The van der Waals surface area contributed by atoms with E-state index in [1.54, 1.807) is 0 Å². The number of aromatic nitrogens is 1. The van der Waals surface area contributed by atoms with E-state index < -0.39 is 0 Å². The summed E-state index contributed by atoms with van der Waals surface area (Å²) in [7, 11) is 0. The molecule has 0 saturated heterocycles. The summed E-state index contributed by atoms with van der Waals surface area (Å²) < 4.78 is 0. The van der Waals surface area contributed by atoms with Crippen LogP contribution in [0.3, 0.4) is 0 Å². The molecule has 4 nitrogen and oxygen atoms in total. The zero-order valence-corrected chi connectivity index (χ0v) is 13.5. The summed E-state index contributed by atoms with van der Waals surface area (Å²) in [4.78, 5) is 8.97. The molecule has 4 heteroatoms. The molecule has 1 aliphatic rings. The molecule has 2 heterocycles. The molecule has 3 rings (SSSR count). The topological polar surface area (TPSA) is 61.1 Å². The van der Waals surface area contributed by atoms with Crippen molar-refractivity contribution in [2.75, 3.05) is 5.32 Å². The van der Waals surface area contributed by atoms with Crippen LogP contribution in [0.4, 0.5) is 11.5 Å². The fourth-order valence-corrected chi connectivity index (χ4v) is 2.65. The van der Waals surface area contributed by atoms with E-state index in [0.29, 0.717) is 17.9 Å². The van der Waals surface area contributed by atoms with E-state index >= 15 is 0 Å². The Morgan fingerprint density at radius 3 is 2.96 bits per heavy atom. The van der Waals surface area contributed by atoms with Gasteiger partial charge in [0.25, 0.3) is 0 Å². The summed E-state index contributed by atoms with van der Waals surface area (Å²) in [6.07, 6.45) is 4.76. The number of nitrogens with zero attached hydrogens (tertiary/aromatic N) is 3. The lowest BCUT2D eigenvalue weighted by molar-refractivity contribution is 0.586. The second kappa shape index (κ2) is 6.62. The third kappa shape index (κ3) is 3.75. The van der Waals surface area contributed by atoms with Gasteiger partial charge in [0.15, 0.2) is 5.82 Å². The summed E-state index contributed by atoms with van der Waals surface area (Å²) in [5, 5.41) is 12.3. The highest BCUT2D eigenvalue weighted by Crippen LogP contribution is 2.25. The number of pyridine rings is 1. The van der Waals surface area contributed by atoms with Crippen LogP contribution in [0.5, 0.6) is 0 Å². The number of amidine groups is 1. The predicted molar refractivity (Wildman–Crippen MR) is 93.0 cm³/mol. The highest BCUT2D eigenvalue weighted by Gasteiger charge is 2.16. The number of benzene rings is 1. The van der Waals surface area contributed by atoms with Crippen LogP contribution in [0, 0.1) is 17.2 Å². The van der Waals surface area contributed by atoms with Crippen LogP contribution in [-0.2, 0) is 12.8 Å². The van der Waals surface area contributed by atoms with E-state index in [9.17, 15) is 0 Å². The van der Waals surface area contributed by atoms with Crippen molar-refractivity contribution in [2.45, 2.75) is 33.1 Å². The van der Waals surface area contributed by atoms with E-state index in [1.165, 1.54) is 12.0 Å². The van der Waals surface area contributed by atoms with Crippen LogP contribution >= 0.6 is 0 Å².